The van der Waals surface area contributed by atoms with Crippen LogP contribution in [0.4, 0.5) is 5.69 Å². The summed E-state index contributed by atoms with van der Waals surface area (Å²) in [6, 6.07) is 0. The van der Waals surface area contributed by atoms with E-state index >= 15 is 0 Å². The maximum atomic E-state index is 11.0. The first-order chi connectivity index (χ1) is 6.49. The number of carboxylic acid groups (broad SMARTS) is 1. The molecule has 0 amide bonds. The van der Waals surface area contributed by atoms with E-state index in [2.05, 4.69) is 4.98 Å². The zero-order chi connectivity index (χ0) is 10.9. The summed E-state index contributed by atoms with van der Waals surface area (Å²) in [7, 11) is 0. The molecule has 0 aliphatic rings. The Bertz CT molecular complexity index is 386. The number of pyridine rings is 1. The van der Waals surface area contributed by atoms with Gasteiger partial charge in [-0.1, -0.05) is 6.92 Å². The lowest BCUT2D eigenvalue weighted by molar-refractivity contribution is 0.0694. The summed E-state index contributed by atoms with van der Waals surface area (Å²) in [5, 5.41) is 9.00. The molecule has 1 rings (SSSR count). The molecule has 0 fully saturated rings. The zero-order valence-corrected chi connectivity index (χ0v) is 8.59. The lowest BCUT2D eigenvalue weighted by Crippen LogP contribution is -2.11. The van der Waals surface area contributed by atoms with E-state index in [4.69, 9.17) is 10.8 Å². The minimum atomic E-state index is -0.960. The number of hydrogen-bond donors (Lipinski definition) is 2. The van der Waals surface area contributed by atoms with E-state index in [0.29, 0.717) is 29.1 Å². The number of nitrogens with two attached hydrogens (primary N) is 1. The van der Waals surface area contributed by atoms with Gasteiger partial charge in [0.25, 0.3) is 0 Å². The third-order valence-electron chi connectivity index (χ3n) is 2.28. The Hall–Kier alpha value is -1.58. The largest absolute Gasteiger partial charge is 0.478 e. The van der Waals surface area contributed by atoms with Crippen molar-refractivity contribution in [3.8, 4) is 0 Å². The summed E-state index contributed by atoms with van der Waals surface area (Å²) in [4.78, 5) is 15.1. The molecule has 0 aromatic carbocycles. The molecule has 0 saturated carbocycles. The molecule has 1 aromatic heterocycles. The number of anilines is 1. The molecule has 0 aliphatic heterocycles. The summed E-state index contributed by atoms with van der Waals surface area (Å²) in [5.41, 5.74) is 8.43. The van der Waals surface area contributed by atoms with Gasteiger partial charge in [0, 0.05) is 0 Å². The SMILES string of the molecule is CCc1c(N)c(C)nc(C)c1C(=O)O. The molecule has 3 N–H and O–H groups in total. The maximum absolute atomic E-state index is 11.0. The Morgan fingerprint density at radius 1 is 1.43 bits per heavy atom. The summed E-state index contributed by atoms with van der Waals surface area (Å²) >= 11 is 0. The molecular formula is C10H14N2O2. The second-order valence-corrected chi connectivity index (χ2v) is 3.21. The molecule has 14 heavy (non-hydrogen) atoms. The van der Waals surface area contributed by atoms with Crippen LogP contribution >= 0.6 is 0 Å². The molecule has 0 spiro atoms. The highest BCUT2D eigenvalue weighted by Gasteiger charge is 2.17. The van der Waals surface area contributed by atoms with Crippen molar-refractivity contribution in [2.75, 3.05) is 5.73 Å². The van der Waals surface area contributed by atoms with Crippen molar-refractivity contribution in [2.45, 2.75) is 27.2 Å². The Balaban J connectivity index is 3.55. The minimum Gasteiger partial charge on any atom is -0.478 e. The van der Waals surface area contributed by atoms with Crippen LogP contribution in [0.25, 0.3) is 0 Å². The van der Waals surface area contributed by atoms with Crippen LogP contribution in [0.2, 0.25) is 0 Å². The van der Waals surface area contributed by atoms with E-state index in [1.165, 1.54) is 0 Å². The highest BCUT2D eigenvalue weighted by Crippen LogP contribution is 2.22. The Morgan fingerprint density at radius 3 is 2.43 bits per heavy atom. The highest BCUT2D eigenvalue weighted by atomic mass is 16.4. The van der Waals surface area contributed by atoms with E-state index in [1.807, 2.05) is 6.92 Å². The summed E-state index contributed by atoms with van der Waals surface area (Å²) in [5.74, 6) is -0.960. The maximum Gasteiger partial charge on any atom is 0.337 e. The normalized spacial score (nSPS) is 10.2. The monoisotopic (exact) mass is 194 g/mol. The number of hydrogen-bond acceptors (Lipinski definition) is 3. The first-order valence-electron chi connectivity index (χ1n) is 4.47. The fraction of sp³-hybridized carbons (Fsp3) is 0.400. The molecule has 1 aromatic rings. The number of carbonyl (C=O) groups is 1. The smallest absolute Gasteiger partial charge is 0.337 e. The van der Waals surface area contributed by atoms with Gasteiger partial charge in [-0.05, 0) is 25.8 Å². The van der Waals surface area contributed by atoms with Gasteiger partial charge >= 0.3 is 5.97 Å². The van der Waals surface area contributed by atoms with Crippen LogP contribution in [-0.2, 0) is 6.42 Å². The van der Waals surface area contributed by atoms with Gasteiger partial charge in [0.1, 0.15) is 0 Å². The number of carboxylic acids is 1. The standard InChI is InChI=1S/C10H14N2O2/c1-4-7-8(10(13)14)5(2)12-6(3)9(7)11/h4,11H2,1-3H3,(H,13,14). The highest BCUT2D eigenvalue weighted by molar-refractivity contribution is 5.92. The van der Waals surface area contributed by atoms with E-state index in [9.17, 15) is 4.79 Å². The molecule has 0 saturated heterocycles. The average molecular weight is 194 g/mol. The van der Waals surface area contributed by atoms with Crippen molar-refractivity contribution in [1.82, 2.24) is 4.98 Å². The third-order valence-corrected chi connectivity index (χ3v) is 2.28. The van der Waals surface area contributed by atoms with Crippen LogP contribution in [0, 0.1) is 13.8 Å². The zero-order valence-electron chi connectivity index (χ0n) is 8.59. The topological polar surface area (TPSA) is 76.2 Å². The molecule has 1 heterocycles. The van der Waals surface area contributed by atoms with Gasteiger partial charge < -0.3 is 10.8 Å². The minimum absolute atomic E-state index is 0.246. The number of aromatic nitrogens is 1. The van der Waals surface area contributed by atoms with Gasteiger partial charge in [-0.3, -0.25) is 4.98 Å². The van der Waals surface area contributed by atoms with Crippen molar-refractivity contribution >= 4 is 11.7 Å². The van der Waals surface area contributed by atoms with Crippen LogP contribution in [0.3, 0.4) is 0 Å². The summed E-state index contributed by atoms with van der Waals surface area (Å²) < 4.78 is 0. The van der Waals surface area contributed by atoms with E-state index in [1.54, 1.807) is 13.8 Å². The van der Waals surface area contributed by atoms with Crippen molar-refractivity contribution in [2.24, 2.45) is 0 Å². The van der Waals surface area contributed by atoms with Crippen LogP contribution in [0.15, 0.2) is 0 Å². The summed E-state index contributed by atoms with van der Waals surface area (Å²) in [6.45, 7) is 5.36. The molecule has 0 aliphatic carbocycles. The molecule has 0 unspecified atom stereocenters. The average Bonchev–Trinajstić information content (AvgIpc) is 2.09. The van der Waals surface area contributed by atoms with Gasteiger partial charge in [-0.25, -0.2) is 4.79 Å². The molecule has 76 valence electrons. The van der Waals surface area contributed by atoms with Crippen molar-refractivity contribution < 1.29 is 9.90 Å². The lowest BCUT2D eigenvalue weighted by Gasteiger charge is -2.11. The molecular weight excluding hydrogens is 180 g/mol. The molecule has 0 radical (unpaired) electrons. The van der Waals surface area contributed by atoms with Crippen molar-refractivity contribution in [3.05, 3.63) is 22.5 Å². The second kappa shape index (κ2) is 3.65. The molecule has 0 atom stereocenters. The van der Waals surface area contributed by atoms with E-state index < -0.39 is 5.97 Å². The Labute approximate surface area is 82.8 Å². The van der Waals surface area contributed by atoms with Crippen molar-refractivity contribution in [3.63, 3.8) is 0 Å². The Morgan fingerprint density at radius 2 is 2.00 bits per heavy atom. The Kier molecular flexibility index (Phi) is 2.74. The van der Waals surface area contributed by atoms with Crippen LogP contribution in [-0.4, -0.2) is 16.1 Å². The van der Waals surface area contributed by atoms with Gasteiger partial charge in [0.05, 0.1) is 22.6 Å². The number of aromatic carboxylic acids is 1. The third kappa shape index (κ3) is 1.55. The first kappa shape index (κ1) is 10.5. The van der Waals surface area contributed by atoms with Gasteiger partial charge in [0.2, 0.25) is 0 Å². The predicted octanol–water partition coefficient (Wildman–Crippen LogP) is 1.54. The fourth-order valence-electron chi connectivity index (χ4n) is 1.59. The van der Waals surface area contributed by atoms with Crippen LogP contribution in [0.1, 0.15) is 34.2 Å². The van der Waals surface area contributed by atoms with Crippen LogP contribution < -0.4 is 5.73 Å². The van der Waals surface area contributed by atoms with Crippen LogP contribution in [0.5, 0.6) is 0 Å². The van der Waals surface area contributed by atoms with E-state index in [-0.39, 0.29) is 5.56 Å². The second-order valence-electron chi connectivity index (χ2n) is 3.21. The summed E-state index contributed by atoms with van der Waals surface area (Å²) in [6.07, 6.45) is 0.609. The van der Waals surface area contributed by atoms with Gasteiger partial charge in [-0.15, -0.1) is 0 Å². The fourth-order valence-corrected chi connectivity index (χ4v) is 1.59. The first-order valence-corrected chi connectivity index (χ1v) is 4.47. The van der Waals surface area contributed by atoms with Gasteiger partial charge in [0.15, 0.2) is 0 Å². The molecule has 0 bridgehead atoms. The van der Waals surface area contributed by atoms with Gasteiger partial charge in [-0.2, -0.15) is 0 Å². The number of nitrogen functional groups attached to an aromatic ring is 1. The lowest BCUT2D eigenvalue weighted by atomic mass is 10.0. The molecule has 4 heteroatoms. The predicted molar refractivity (Wildman–Crippen MR) is 54.5 cm³/mol. The van der Waals surface area contributed by atoms with E-state index in [0.717, 1.165) is 0 Å². The molecule has 4 nitrogen and oxygen atoms in total. The number of aryl methyl sites for hydroxylation is 2. The number of rotatable bonds is 2. The van der Waals surface area contributed by atoms with Crippen molar-refractivity contribution in [1.29, 1.82) is 0 Å². The quantitative estimate of drug-likeness (QED) is 0.748. The number of nitrogens with zero attached hydrogens (tertiary/aromatic N) is 1.